The van der Waals surface area contributed by atoms with Gasteiger partial charge in [-0.1, -0.05) is 0 Å². The summed E-state index contributed by atoms with van der Waals surface area (Å²) in [7, 11) is -10.9. The fourth-order valence-electron chi connectivity index (χ4n) is 4.09. The second-order valence-corrected chi connectivity index (χ2v) is 12.4. The van der Waals surface area contributed by atoms with E-state index in [0.717, 1.165) is 6.33 Å². The summed E-state index contributed by atoms with van der Waals surface area (Å²) in [5.74, 6) is -3.05. The number of carboxylic acids is 1. The highest BCUT2D eigenvalue weighted by atomic mass is 31.3. The number of carbonyl (C=O) groups is 2. The van der Waals surface area contributed by atoms with Gasteiger partial charge in [-0.15, -0.1) is 0 Å². The number of aromatic nitrogens is 4. The Morgan fingerprint density at radius 2 is 1.59 bits per heavy atom. The van der Waals surface area contributed by atoms with Gasteiger partial charge < -0.3 is 60.4 Å². The van der Waals surface area contributed by atoms with Gasteiger partial charge in [0.15, 0.2) is 36.2 Å². The number of nitrogen functional groups attached to an aromatic ring is 1. The molecule has 2 aliphatic heterocycles. The Kier molecular flexibility index (Phi) is 10.3. The van der Waals surface area contributed by atoms with Crippen LogP contribution in [0.2, 0.25) is 0 Å². The average Bonchev–Trinajstić information content (AvgIpc) is 3.56. The van der Waals surface area contributed by atoms with Gasteiger partial charge in [0.1, 0.15) is 42.4 Å². The van der Waals surface area contributed by atoms with E-state index < -0.39 is 102 Å². The quantitative estimate of drug-likeness (QED) is 0.0723. The number of phosphoric ester groups is 2. The number of hydrogen-bond acceptors (Lipinski definition) is 19. The van der Waals surface area contributed by atoms with E-state index in [1.165, 1.54) is 10.9 Å². The van der Waals surface area contributed by atoms with Crippen LogP contribution < -0.4 is 5.73 Å². The molecule has 0 amide bonds. The van der Waals surface area contributed by atoms with Crippen molar-refractivity contribution in [3.05, 3.63) is 12.7 Å². The summed E-state index contributed by atoms with van der Waals surface area (Å²) in [6.07, 6.45) is -14.4. The first-order valence-electron chi connectivity index (χ1n) is 12.2. The third-order valence-electron chi connectivity index (χ3n) is 6.23. The fourth-order valence-corrected chi connectivity index (χ4v) is 6.18. The lowest BCUT2D eigenvalue weighted by Gasteiger charge is -2.21. The number of aliphatic hydroxyl groups is 5. The molecule has 2 saturated heterocycles. The van der Waals surface area contributed by atoms with Gasteiger partial charge in [0.2, 0.25) is 0 Å². The normalized spacial score (nSPS) is 32.2. The van der Waals surface area contributed by atoms with E-state index in [-0.39, 0.29) is 17.0 Å². The van der Waals surface area contributed by atoms with E-state index in [1.54, 1.807) is 0 Å². The molecule has 246 valence electrons. The highest BCUT2D eigenvalue weighted by Crippen LogP contribution is 2.60. The fraction of sp³-hybridized carbons (Fsp3) is 0.632. The molecule has 0 spiro atoms. The molecule has 4 heterocycles. The molecule has 3 unspecified atom stereocenters. The Labute approximate surface area is 244 Å². The molecule has 0 radical (unpaired) electrons. The Balaban J connectivity index is 1.28. The molecule has 0 aromatic carbocycles. The molecule has 4 rings (SSSR count). The predicted octanol–water partition coefficient (Wildman–Crippen LogP) is -3.90. The SMILES string of the molecule is Nc1ncnc2c1ncn2[C@@H]1O[C@H](COP(=O)(O)OP(=O)(O)OC[C@H]2OC(O)[C@H](OC(=O)C[C@H](O)C(=O)O)[C@@H]2O)[C@@H](O)[C@H]1O. The topological polar surface area (TPSA) is 355 Å². The molecular formula is C19H27N5O18P2. The maximum Gasteiger partial charge on any atom is 0.481 e. The summed E-state index contributed by atoms with van der Waals surface area (Å²) in [6.45, 7) is -2.03. The number of phosphoric acid groups is 2. The summed E-state index contributed by atoms with van der Waals surface area (Å²) in [5, 5.41) is 58.7. The van der Waals surface area contributed by atoms with Crippen LogP contribution in [0.15, 0.2) is 12.7 Å². The Hall–Kier alpha value is -2.73. The number of anilines is 1. The number of nitrogens with two attached hydrogens (primary N) is 1. The Morgan fingerprint density at radius 1 is 0.977 bits per heavy atom. The number of carbonyl (C=O) groups excluding carboxylic acids is 1. The van der Waals surface area contributed by atoms with E-state index in [0.29, 0.717) is 0 Å². The summed E-state index contributed by atoms with van der Waals surface area (Å²) in [6, 6.07) is 0. The lowest BCUT2D eigenvalue weighted by Crippen LogP contribution is -2.39. The molecule has 2 aliphatic rings. The van der Waals surface area contributed by atoms with E-state index in [2.05, 4.69) is 33.0 Å². The number of rotatable bonds is 13. The minimum Gasteiger partial charge on any atom is -0.479 e. The standard InChI is InChI=1S/C19H27N5O18P2/c20-15-10-16(22-4-21-15)24(5-23-10)17-13(29)11(27)7(39-17)2-37-43(33,34)42-44(35,36)38-3-8-12(28)14(19(32)40-8)41-9(26)1-6(25)18(30)31/h4-8,11-14,17,19,25,27-29,32H,1-3H2,(H,30,31)(H,33,34)(H,35,36)(H2,20,21,22)/t6-,7+,8+,11+,12+,13+,14+,17+,19?/m0/s1. The highest BCUT2D eigenvalue weighted by molar-refractivity contribution is 7.61. The maximum absolute atomic E-state index is 12.3. The number of hydrogen-bond donors (Lipinski definition) is 9. The van der Waals surface area contributed by atoms with Crippen LogP contribution in [0, 0.1) is 0 Å². The Bertz CT molecular complexity index is 1460. The van der Waals surface area contributed by atoms with Crippen molar-refractivity contribution >= 4 is 44.6 Å². The molecule has 25 heteroatoms. The third kappa shape index (κ3) is 7.73. The molecule has 0 saturated carbocycles. The minimum absolute atomic E-state index is 0.0258. The second kappa shape index (κ2) is 13.3. The van der Waals surface area contributed by atoms with Crippen molar-refractivity contribution in [3.8, 4) is 0 Å². The van der Waals surface area contributed by atoms with Crippen LogP contribution in [0.3, 0.4) is 0 Å². The maximum atomic E-state index is 12.3. The van der Waals surface area contributed by atoms with E-state index in [9.17, 15) is 54.0 Å². The second-order valence-electron chi connectivity index (χ2n) is 9.31. The molecule has 0 aliphatic carbocycles. The van der Waals surface area contributed by atoms with Crippen LogP contribution >= 0.6 is 15.6 Å². The van der Waals surface area contributed by atoms with Crippen LogP contribution in [-0.2, 0) is 46.3 Å². The number of ether oxygens (including phenoxy) is 3. The van der Waals surface area contributed by atoms with Gasteiger partial charge >= 0.3 is 27.6 Å². The molecule has 0 bridgehead atoms. The van der Waals surface area contributed by atoms with Crippen molar-refractivity contribution in [2.75, 3.05) is 18.9 Å². The summed E-state index contributed by atoms with van der Waals surface area (Å²) < 4.78 is 54.2. The van der Waals surface area contributed by atoms with Gasteiger partial charge in [-0.05, 0) is 0 Å². The number of fused-ring (bicyclic) bond motifs is 1. The van der Waals surface area contributed by atoms with Crippen molar-refractivity contribution in [2.45, 2.75) is 61.7 Å². The Morgan fingerprint density at radius 3 is 2.20 bits per heavy atom. The molecule has 10 N–H and O–H groups in total. The van der Waals surface area contributed by atoms with Crippen molar-refractivity contribution < 1.29 is 86.7 Å². The molecule has 2 aromatic rings. The van der Waals surface area contributed by atoms with Gasteiger partial charge in [0.25, 0.3) is 0 Å². The summed E-state index contributed by atoms with van der Waals surface area (Å²) in [4.78, 5) is 53.9. The van der Waals surface area contributed by atoms with Gasteiger partial charge in [-0.2, -0.15) is 4.31 Å². The first kappa shape index (κ1) is 34.1. The lowest BCUT2D eigenvalue weighted by molar-refractivity contribution is -0.176. The molecule has 2 aromatic heterocycles. The van der Waals surface area contributed by atoms with Crippen LogP contribution in [0.5, 0.6) is 0 Å². The van der Waals surface area contributed by atoms with Crippen molar-refractivity contribution in [3.63, 3.8) is 0 Å². The minimum atomic E-state index is -5.47. The number of imidazole rings is 1. The van der Waals surface area contributed by atoms with Gasteiger partial charge in [-0.25, -0.2) is 28.9 Å². The average molecular weight is 675 g/mol. The van der Waals surface area contributed by atoms with E-state index >= 15 is 0 Å². The summed E-state index contributed by atoms with van der Waals surface area (Å²) in [5.41, 5.74) is 6.02. The van der Waals surface area contributed by atoms with Crippen molar-refractivity contribution in [1.29, 1.82) is 0 Å². The van der Waals surface area contributed by atoms with Crippen LogP contribution in [0.25, 0.3) is 11.2 Å². The predicted molar refractivity (Wildman–Crippen MR) is 133 cm³/mol. The number of nitrogens with zero attached hydrogens (tertiary/aromatic N) is 4. The monoisotopic (exact) mass is 675 g/mol. The number of aliphatic carboxylic acids is 1. The van der Waals surface area contributed by atoms with Crippen LogP contribution in [0.1, 0.15) is 12.6 Å². The number of aliphatic hydroxyl groups excluding tert-OH is 5. The third-order valence-corrected chi connectivity index (χ3v) is 8.84. The summed E-state index contributed by atoms with van der Waals surface area (Å²) >= 11 is 0. The van der Waals surface area contributed by atoms with Crippen LogP contribution in [0.4, 0.5) is 5.82 Å². The van der Waals surface area contributed by atoms with E-state index in [4.69, 9.17) is 20.3 Å². The molecular weight excluding hydrogens is 648 g/mol. The van der Waals surface area contributed by atoms with Crippen molar-refractivity contribution in [1.82, 2.24) is 19.5 Å². The number of esters is 1. The van der Waals surface area contributed by atoms with Gasteiger partial charge in [-0.3, -0.25) is 18.4 Å². The largest absolute Gasteiger partial charge is 0.481 e. The first-order valence-corrected chi connectivity index (χ1v) is 15.2. The van der Waals surface area contributed by atoms with Gasteiger partial charge in [0.05, 0.1) is 26.0 Å². The first-order chi connectivity index (χ1) is 20.5. The molecule has 23 nitrogen and oxygen atoms in total. The number of carboxylic acid groups (broad SMARTS) is 1. The molecule has 44 heavy (non-hydrogen) atoms. The molecule has 11 atom stereocenters. The molecule has 2 fully saturated rings. The lowest BCUT2D eigenvalue weighted by atomic mass is 10.1. The zero-order valence-corrected chi connectivity index (χ0v) is 23.7. The zero-order valence-electron chi connectivity index (χ0n) is 21.9. The van der Waals surface area contributed by atoms with Crippen molar-refractivity contribution in [2.24, 2.45) is 0 Å². The highest BCUT2D eigenvalue weighted by Gasteiger charge is 2.48. The zero-order chi connectivity index (χ0) is 32.6. The van der Waals surface area contributed by atoms with E-state index in [1.807, 2.05) is 0 Å². The smallest absolute Gasteiger partial charge is 0.479 e. The van der Waals surface area contributed by atoms with Gasteiger partial charge in [0, 0.05) is 0 Å². The van der Waals surface area contributed by atoms with Crippen LogP contribution in [-0.4, -0.2) is 134 Å².